The highest BCUT2D eigenvalue weighted by atomic mass is 35.5. The molecule has 1 unspecified atom stereocenters. The highest BCUT2D eigenvalue weighted by Crippen LogP contribution is 2.46. The molecule has 0 heterocycles. The topological polar surface area (TPSA) is 49.3 Å². The number of hydrogen-bond acceptors (Lipinski definition) is 1. The predicted molar refractivity (Wildman–Crippen MR) is 93.0 cm³/mol. The molecule has 1 amide bonds. The minimum absolute atomic E-state index is 0.143. The quantitative estimate of drug-likeness (QED) is 0.795. The van der Waals surface area contributed by atoms with E-state index in [1.165, 1.54) is 5.56 Å². The molecule has 0 aliphatic heterocycles. The average Bonchev–Trinajstić information content (AvgIpc) is 2.71. The van der Waals surface area contributed by atoms with Gasteiger partial charge in [-0.05, 0) is 47.6 Å². The van der Waals surface area contributed by atoms with Crippen molar-refractivity contribution >= 4 is 17.7 Å². The second-order valence-electron chi connectivity index (χ2n) is 6.94. The summed E-state index contributed by atoms with van der Waals surface area (Å²) in [7, 11) is 0. The lowest BCUT2D eigenvalue weighted by Gasteiger charge is -2.27. The molecule has 0 radical (unpaired) electrons. The lowest BCUT2D eigenvalue weighted by molar-refractivity contribution is 0.175. The second kappa shape index (κ2) is 5.57. The van der Waals surface area contributed by atoms with Gasteiger partial charge in [0.2, 0.25) is 0 Å². The first-order chi connectivity index (χ1) is 10.8. The molecule has 1 atom stereocenters. The molecule has 1 aliphatic carbocycles. The molecule has 1 aliphatic rings. The van der Waals surface area contributed by atoms with Crippen LogP contribution in [-0.2, 0) is 6.42 Å². The molecule has 120 valence electrons. The number of hydrogen-bond donors (Lipinski definition) is 2. The van der Waals surface area contributed by atoms with Crippen molar-refractivity contribution in [3.05, 3.63) is 58.1 Å². The van der Waals surface area contributed by atoms with Gasteiger partial charge in [-0.3, -0.25) is 0 Å². The number of aryl methyl sites for hydroxylation is 1. The van der Waals surface area contributed by atoms with Crippen molar-refractivity contribution in [1.82, 2.24) is 5.32 Å². The minimum atomic E-state index is -0.985. The number of carboxylic acid groups (broad SMARTS) is 1. The van der Waals surface area contributed by atoms with Crippen LogP contribution in [0.5, 0.6) is 0 Å². The standard InChI is InChI=1S/C19H20ClNO2/c1-11-4-7-16(20)15(8-11)12-5-6-14-13(9-12)10-19(2,3)17(14)21-18(22)23/h4-9,17,21H,10H2,1-3H3,(H,22,23). The zero-order valence-corrected chi connectivity index (χ0v) is 14.2. The summed E-state index contributed by atoms with van der Waals surface area (Å²) in [5, 5.41) is 12.5. The second-order valence-corrected chi connectivity index (χ2v) is 7.35. The molecule has 23 heavy (non-hydrogen) atoms. The maximum atomic E-state index is 11.1. The summed E-state index contributed by atoms with van der Waals surface area (Å²) in [6.45, 7) is 6.23. The molecule has 0 bridgehead atoms. The molecular weight excluding hydrogens is 310 g/mol. The van der Waals surface area contributed by atoms with E-state index in [1.54, 1.807) is 0 Å². The maximum Gasteiger partial charge on any atom is 0.405 e. The largest absolute Gasteiger partial charge is 0.465 e. The van der Waals surface area contributed by atoms with E-state index in [0.29, 0.717) is 0 Å². The Morgan fingerprint density at radius 1 is 1.26 bits per heavy atom. The first-order valence-corrected chi connectivity index (χ1v) is 8.04. The van der Waals surface area contributed by atoms with Gasteiger partial charge in [-0.1, -0.05) is 55.3 Å². The summed E-state index contributed by atoms with van der Waals surface area (Å²) < 4.78 is 0. The third-order valence-corrected chi connectivity index (χ3v) is 4.91. The average molecular weight is 330 g/mol. The van der Waals surface area contributed by atoms with Crippen LogP contribution in [0, 0.1) is 12.3 Å². The van der Waals surface area contributed by atoms with Gasteiger partial charge in [0.1, 0.15) is 0 Å². The van der Waals surface area contributed by atoms with Crippen molar-refractivity contribution in [2.75, 3.05) is 0 Å². The van der Waals surface area contributed by atoms with Crippen molar-refractivity contribution in [2.24, 2.45) is 5.41 Å². The fourth-order valence-corrected chi connectivity index (χ4v) is 3.71. The number of nitrogens with one attached hydrogen (secondary N) is 1. The van der Waals surface area contributed by atoms with E-state index < -0.39 is 6.09 Å². The van der Waals surface area contributed by atoms with Gasteiger partial charge < -0.3 is 10.4 Å². The first kappa shape index (κ1) is 15.9. The van der Waals surface area contributed by atoms with Crippen molar-refractivity contribution in [3.63, 3.8) is 0 Å². The molecular formula is C19H20ClNO2. The SMILES string of the molecule is Cc1ccc(Cl)c(-c2ccc3c(c2)CC(C)(C)C3NC(=O)O)c1. The molecule has 0 saturated heterocycles. The van der Waals surface area contributed by atoms with Crippen LogP contribution in [0.3, 0.4) is 0 Å². The van der Waals surface area contributed by atoms with Crippen molar-refractivity contribution in [2.45, 2.75) is 33.2 Å². The number of fused-ring (bicyclic) bond motifs is 1. The Morgan fingerprint density at radius 3 is 2.70 bits per heavy atom. The summed E-state index contributed by atoms with van der Waals surface area (Å²) in [5.74, 6) is 0. The summed E-state index contributed by atoms with van der Waals surface area (Å²) in [6, 6.07) is 12.0. The van der Waals surface area contributed by atoms with E-state index in [0.717, 1.165) is 33.7 Å². The van der Waals surface area contributed by atoms with Crippen LogP contribution in [0.15, 0.2) is 36.4 Å². The van der Waals surface area contributed by atoms with Crippen LogP contribution >= 0.6 is 11.6 Å². The monoisotopic (exact) mass is 329 g/mol. The molecule has 0 aromatic heterocycles. The van der Waals surface area contributed by atoms with Crippen LogP contribution in [0.2, 0.25) is 5.02 Å². The first-order valence-electron chi connectivity index (χ1n) is 7.67. The van der Waals surface area contributed by atoms with Gasteiger partial charge >= 0.3 is 6.09 Å². The van der Waals surface area contributed by atoms with E-state index in [9.17, 15) is 4.79 Å². The van der Waals surface area contributed by atoms with E-state index in [4.69, 9.17) is 16.7 Å². The fraction of sp³-hybridized carbons (Fsp3) is 0.316. The third kappa shape index (κ3) is 2.93. The Balaban J connectivity index is 2.05. The number of carbonyl (C=O) groups is 1. The van der Waals surface area contributed by atoms with Crippen molar-refractivity contribution in [1.29, 1.82) is 0 Å². The van der Waals surface area contributed by atoms with Crippen LogP contribution in [0.25, 0.3) is 11.1 Å². The number of halogens is 1. The Bertz CT molecular complexity index is 783. The van der Waals surface area contributed by atoms with Crippen LogP contribution in [0.1, 0.15) is 36.6 Å². The molecule has 0 saturated carbocycles. The molecule has 0 fully saturated rings. The zero-order valence-electron chi connectivity index (χ0n) is 13.5. The van der Waals surface area contributed by atoms with Gasteiger partial charge in [0.15, 0.2) is 0 Å². The van der Waals surface area contributed by atoms with Gasteiger partial charge in [0, 0.05) is 10.6 Å². The Labute approximate surface area is 141 Å². The number of benzene rings is 2. The highest BCUT2D eigenvalue weighted by Gasteiger charge is 2.40. The Morgan fingerprint density at radius 2 is 2.00 bits per heavy atom. The molecule has 0 spiro atoms. The van der Waals surface area contributed by atoms with Crippen molar-refractivity contribution < 1.29 is 9.90 Å². The van der Waals surface area contributed by atoms with E-state index in [1.807, 2.05) is 31.2 Å². The predicted octanol–water partition coefficient (Wildman–Crippen LogP) is 5.21. The molecule has 3 rings (SSSR count). The van der Waals surface area contributed by atoms with Gasteiger partial charge in [-0.15, -0.1) is 0 Å². The van der Waals surface area contributed by atoms with E-state index in [-0.39, 0.29) is 11.5 Å². The smallest absolute Gasteiger partial charge is 0.405 e. The summed E-state index contributed by atoms with van der Waals surface area (Å²) >= 11 is 6.35. The van der Waals surface area contributed by atoms with E-state index >= 15 is 0 Å². The van der Waals surface area contributed by atoms with Crippen LogP contribution in [-0.4, -0.2) is 11.2 Å². The number of amides is 1. The lowest BCUT2D eigenvalue weighted by atomic mass is 9.85. The Hall–Kier alpha value is -2.00. The molecule has 4 heteroatoms. The van der Waals surface area contributed by atoms with E-state index in [2.05, 4.69) is 31.3 Å². The molecule has 3 nitrogen and oxygen atoms in total. The van der Waals surface area contributed by atoms with Gasteiger partial charge in [-0.2, -0.15) is 0 Å². The van der Waals surface area contributed by atoms with Crippen molar-refractivity contribution in [3.8, 4) is 11.1 Å². The summed E-state index contributed by atoms with van der Waals surface area (Å²) in [5.41, 5.74) is 5.35. The van der Waals surface area contributed by atoms with Gasteiger partial charge in [-0.25, -0.2) is 4.79 Å². The van der Waals surface area contributed by atoms with Gasteiger partial charge in [0.05, 0.1) is 6.04 Å². The molecule has 2 N–H and O–H groups in total. The Kier molecular flexibility index (Phi) is 3.85. The maximum absolute atomic E-state index is 11.1. The highest BCUT2D eigenvalue weighted by molar-refractivity contribution is 6.33. The summed E-state index contributed by atoms with van der Waals surface area (Å²) in [6.07, 6.45) is -0.147. The molecule has 2 aromatic carbocycles. The number of rotatable bonds is 2. The van der Waals surface area contributed by atoms with Crippen LogP contribution < -0.4 is 5.32 Å². The zero-order chi connectivity index (χ0) is 16.8. The fourth-order valence-electron chi connectivity index (χ4n) is 3.48. The van der Waals surface area contributed by atoms with Gasteiger partial charge in [0.25, 0.3) is 0 Å². The molecule has 2 aromatic rings. The van der Waals surface area contributed by atoms with Crippen LogP contribution in [0.4, 0.5) is 4.79 Å². The summed E-state index contributed by atoms with van der Waals surface area (Å²) in [4.78, 5) is 11.1. The normalized spacial score (nSPS) is 18.5. The third-order valence-electron chi connectivity index (χ3n) is 4.58. The minimum Gasteiger partial charge on any atom is -0.465 e. The lowest BCUT2D eigenvalue weighted by Crippen LogP contribution is -2.34.